The van der Waals surface area contributed by atoms with Gasteiger partial charge in [-0.15, -0.1) is 0 Å². The number of halogens is 2. The van der Waals surface area contributed by atoms with Crippen molar-refractivity contribution in [3.8, 4) is 0 Å². The summed E-state index contributed by atoms with van der Waals surface area (Å²) in [5, 5.41) is 18.6. The van der Waals surface area contributed by atoms with E-state index in [4.69, 9.17) is 16.7 Å². The Morgan fingerprint density at radius 2 is 2.12 bits per heavy atom. The minimum absolute atomic E-state index is 0.229. The number of rotatable bonds is 3. The smallest absolute Gasteiger partial charge is 0.333 e. The Balaban J connectivity index is 2.40. The second kappa shape index (κ2) is 3.71. The van der Waals surface area contributed by atoms with Crippen LogP contribution in [0, 0.1) is 5.82 Å². The lowest BCUT2D eigenvalue weighted by molar-refractivity contribution is -0.148. The van der Waals surface area contributed by atoms with E-state index in [0.717, 1.165) is 6.07 Å². The molecule has 2 N–H and O–H groups in total. The molecule has 0 amide bonds. The standard InChI is InChI=1S/C11H10ClFO3/c12-6-1-2-7(8(13)5-6)11(3-4-11)9(14)10(15)16/h1-2,5,9,14H,3-4H2,(H,15,16). The number of carbonyl (C=O) groups is 1. The highest BCUT2D eigenvalue weighted by atomic mass is 35.5. The highest BCUT2D eigenvalue weighted by Crippen LogP contribution is 2.52. The number of carboxylic acid groups (broad SMARTS) is 1. The first-order valence-corrected chi connectivity index (χ1v) is 5.21. The molecule has 0 radical (unpaired) electrons. The summed E-state index contributed by atoms with van der Waals surface area (Å²) in [5.74, 6) is -1.89. The van der Waals surface area contributed by atoms with Crippen molar-refractivity contribution in [2.24, 2.45) is 0 Å². The molecule has 5 heteroatoms. The molecule has 2 rings (SSSR count). The first-order chi connectivity index (χ1) is 7.47. The van der Waals surface area contributed by atoms with Crippen molar-refractivity contribution in [1.29, 1.82) is 0 Å². The van der Waals surface area contributed by atoms with E-state index >= 15 is 0 Å². The summed E-state index contributed by atoms with van der Waals surface area (Å²) >= 11 is 5.61. The number of benzene rings is 1. The Bertz CT molecular complexity index is 443. The molecule has 0 aromatic heterocycles. The van der Waals surface area contributed by atoms with Gasteiger partial charge in [0.05, 0.1) is 0 Å². The van der Waals surface area contributed by atoms with Gasteiger partial charge in [0.1, 0.15) is 5.82 Å². The van der Waals surface area contributed by atoms with Crippen LogP contribution in [0.3, 0.4) is 0 Å². The molecule has 0 heterocycles. The third kappa shape index (κ3) is 1.68. The highest BCUT2D eigenvalue weighted by molar-refractivity contribution is 6.30. The Labute approximate surface area is 96.5 Å². The van der Waals surface area contributed by atoms with E-state index in [9.17, 15) is 14.3 Å². The van der Waals surface area contributed by atoms with Gasteiger partial charge < -0.3 is 10.2 Å². The third-order valence-corrected chi connectivity index (χ3v) is 3.25. The fourth-order valence-electron chi connectivity index (χ4n) is 1.95. The van der Waals surface area contributed by atoms with Crippen LogP contribution in [0.1, 0.15) is 18.4 Å². The minimum atomic E-state index is -1.57. The van der Waals surface area contributed by atoms with Gasteiger partial charge in [0, 0.05) is 10.4 Å². The first kappa shape index (κ1) is 11.4. The van der Waals surface area contributed by atoms with Crippen LogP contribution in [-0.4, -0.2) is 22.3 Å². The van der Waals surface area contributed by atoms with E-state index in [1.54, 1.807) is 0 Å². The predicted octanol–water partition coefficient (Wildman–Crippen LogP) is 1.96. The van der Waals surface area contributed by atoms with Gasteiger partial charge in [0.15, 0.2) is 6.10 Å². The van der Waals surface area contributed by atoms with Gasteiger partial charge in [-0.3, -0.25) is 0 Å². The first-order valence-electron chi connectivity index (χ1n) is 4.84. The summed E-state index contributed by atoms with van der Waals surface area (Å²) in [6, 6.07) is 4.07. The van der Waals surface area contributed by atoms with E-state index in [1.807, 2.05) is 0 Å². The molecule has 16 heavy (non-hydrogen) atoms. The molecule has 1 aromatic rings. The quantitative estimate of drug-likeness (QED) is 0.855. The lowest BCUT2D eigenvalue weighted by Crippen LogP contribution is -2.34. The van der Waals surface area contributed by atoms with Crippen molar-refractivity contribution in [3.63, 3.8) is 0 Å². The fourth-order valence-corrected chi connectivity index (χ4v) is 2.11. The summed E-state index contributed by atoms with van der Waals surface area (Å²) in [5.41, 5.74) is -0.743. The monoisotopic (exact) mass is 244 g/mol. The lowest BCUT2D eigenvalue weighted by Gasteiger charge is -2.19. The van der Waals surface area contributed by atoms with Crippen LogP contribution in [0.5, 0.6) is 0 Å². The van der Waals surface area contributed by atoms with E-state index in [-0.39, 0.29) is 10.6 Å². The molecule has 1 saturated carbocycles. The number of hydrogen-bond acceptors (Lipinski definition) is 2. The van der Waals surface area contributed by atoms with E-state index in [0.29, 0.717) is 12.8 Å². The Hall–Kier alpha value is -1.13. The number of carboxylic acids is 1. The molecule has 1 atom stereocenters. The van der Waals surface area contributed by atoms with Crippen molar-refractivity contribution in [2.75, 3.05) is 0 Å². The zero-order chi connectivity index (χ0) is 11.9. The SMILES string of the molecule is O=C(O)C(O)C1(c2ccc(Cl)cc2F)CC1. The Morgan fingerprint density at radius 3 is 2.56 bits per heavy atom. The van der Waals surface area contributed by atoms with Crippen molar-refractivity contribution in [1.82, 2.24) is 0 Å². The highest BCUT2D eigenvalue weighted by Gasteiger charge is 2.54. The molecule has 1 aliphatic rings. The van der Waals surface area contributed by atoms with Crippen molar-refractivity contribution in [3.05, 3.63) is 34.6 Å². The molecule has 1 unspecified atom stereocenters. The number of aliphatic carboxylic acids is 1. The average molecular weight is 245 g/mol. The molecule has 0 bridgehead atoms. The lowest BCUT2D eigenvalue weighted by atomic mass is 9.89. The molecule has 0 saturated heterocycles. The number of hydrogen-bond donors (Lipinski definition) is 2. The summed E-state index contributed by atoms with van der Waals surface area (Å²) in [7, 11) is 0. The maximum Gasteiger partial charge on any atom is 0.333 e. The zero-order valence-corrected chi connectivity index (χ0v) is 9.04. The van der Waals surface area contributed by atoms with Gasteiger partial charge in [-0.2, -0.15) is 0 Å². The van der Waals surface area contributed by atoms with E-state index < -0.39 is 23.3 Å². The third-order valence-electron chi connectivity index (χ3n) is 3.01. The van der Waals surface area contributed by atoms with Crippen LogP contribution in [0.4, 0.5) is 4.39 Å². The predicted molar refractivity (Wildman–Crippen MR) is 56.0 cm³/mol. The van der Waals surface area contributed by atoms with Crippen LogP contribution >= 0.6 is 11.6 Å². The number of aliphatic hydroxyl groups is 1. The molecule has 0 spiro atoms. The minimum Gasteiger partial charge on any atom is -0.479 e. The normalized spacial score (nSPS) is 19.2. The second-order valence-corrected chi connectivity index (χ2v) is 4.46. The van der Waals surface area contributed by atoms with Crippen LogP contribution in [0.2, 0.25) is 5.02 Å². The average Bonchev–Trinajstić information content (AvgIpc) is 2.97. The zero-order valence-electron chi connectivity index (χ0n) is 8.28. The molecule has 86 valence electrons. The van der Waals surface area contributed by atoms with Gasteiger partial charge in [0.25, 0.3) is 0 Å². The van der Waals surface area contributed by atoms with Gasteiger partial charge in [-0.1, -0.05) is 17.7 Å². The topological polar surface area (TPSA) is 57.5 Å². The summed E-state index contributed by atoms with van der Waals surface area (Å²) in [6.07, 6.45) is -0.624. The summed E-state index contributed by atoms with van der Waals surface area (Å²) < 4.78 is 13.6. The Kier molecular flexibility index (Phi) is 2.64. The molecular formula is C11H10ClFO3. The molecule has 0 aliphatic heterocycles. The molecule has 1 aliphatic carbocycles. The summed E-state index contributed by atoms with van der Waals surface area (Å²) in [6.45, 7) is 0. The van der Waals surface area contributed by atoms with Gasteiger partial charge in [-0.25, -0.2) is 9.18 Å². The largest absolute Gasteiger partial charge is 0.479 e. The molecule has 3 nitrogen and oxygen atoms in total. The van der Waals surface area contributed by atoms with Gasteiger partial charge >= 0.3 is 5.97 Å². The van der Waals surface area contributed by atoms with E-state index in [1.165, 1.54) is 12.1 Å². The molecular weight excluding hydrogens is 235 g/mol. The van der Waals surface area contributed by atoms with Crippen LogP contribution in [0.15, 0.2) is 18.2 Å². The molecule has 1 aromatic carbocycles. The summed E-state index contributed by atoms with van der Waals surface area (Å²) in [4.78, 5) is 10.7. The maximum absolute atomic E-state index is 13.6. The van der Waals surface area contributed by atoms with Crippen LogP contribution < -0.4 is 0 Å². The van der Waals surface area contributed by atoms with Crippen molar-refractivity contribution >= 4 is 17.6 Å². The second-order valence-electron chi connectivity index (χ2n) is 4.02. The maximum atomic E-state index is 13.6. The van der Waals surface area contributed by atoms with Gasteiger partial charge in [-0.05, 0) is 30.5 Å². The number of aliphatic hydroxyl groups excluding tert-OH is 1. The van der Waals surface area contributed by atoms with Crippen LogP contribution in [-0.2, 0) is 10.2 Å². The van der Waals surface area contributed by atoms with E-state index in [2.05, 4.69) is 0 Å². The van der Waals surface area contributed by atoms with Gasteiger partial charge in [0.2, 0.25) is 0 Å². The molecule has 1 fully saturated rings. The van der Waals surface area contributed by atoms with Crippen molar-refractivity contribution < 1.29 is 19.4 Å². The Morgan fingerprint density at radius 1 is 1.50 bits per heavy atom. The fraction of sp³-hybridized carbons (Fsp3) is 0.364. The van der Waals surface area contributed by atoms with Crippen molar-refractivity contribution in [2.45, 2.75) is 24.4 Å². The van der Waals surface area contributed by atoms with Crippen LogP contribution in [0.25, 0.3) is 0 Å².